The van der Waals surface area contributed by atoms with E-state index in [-0.39, 0.29) is 11.8 Å². The average Bonchev–Trinajstić information content (AvgIpc) is 2.75. The fraction of sp³-hybridized carbons (Fsp3) is 0.240. The van der Waals surface area contributed by atoms with E-state index in [0.29, 0.717) is 0 Å². The van der Waals surface area contributed by atoms with Crippen molar-refractivity contribution in [3.05, 3.63) is 95.1 Å². The van der Waals surface area contributed by atoms with Crippen molar-refractivity contribution in [2.24, 2.45) is 0 Å². The number of hydrogen-bond donors (Lipinski definition) is 1. The number of hydrogen-bond acceptors (Lipinski definition) is 2. The van der Waals surface area contributed by atoms with Crippen molar-refractivity contribution < 1.29 is 9.53 Å². The highest BCUT2D eigenvalue weighted by molar-refractivity contribution is 5.99. The first kappa shape index (κ1) is 18.3. The molecule has 1 amide bonds. The van der Waals surface area contributed by atoms with E-state index in [2.05, 4.69) is 17.4 Å². The molecule has 0 aliphatic heterocycles. The summed E-state index contributed by atoms with van der Waals surface area (Å²) in [4.78, 5) is 13.4. The SMILES string of the molecule is COc1cc2c(cc1NC(=O)C(c1ccccc1)c1ccccc1)CCCC2. The molecule has 3 nitrogen and oxygen atoms in total. The first-order valence-electron chi connectivity index (χ1n) is 9.87. The lowest BCUT2D eigenvalue weighted by Gasteiger charge is -2.22. The van der Waals surface area contributed by atoms with Gasteiger partial charge in [-0.2, -0.15) is 0 Å². The first-order valence-corrected chi connectivity index (χ1v) is 9.87. The first-order chi connectivity index (χ1) is 13.8. The van der Waals surface area contributed by atoms with Gasteiger partial charge in [-0.15, -0.1) is 0 Å². The number of fused-ring (bicyclic) bond motifs is 1. The Balaban J connectivity index is 1.69. The van der Waals surface area contributed by atoms with E-state index in [9.17, 15) is 4.79 Å². The Bertz CT molecular complexity index is 912. The van der Waals surface area contributed by atoms with Crippen molar-refractivity contribution in [1.82, 2.24) is 0 Å². The topological polar surface area (TPSA) is 38.3 Å². The third-order valence-electron chi connectivity index (χ3n) is 5.45. The number of nitrogens with one attached hydrogen (secondary N) is 1. The molecular formula is C25H25NO2. The molecule has 0 saturated carbocycles. The molecule has 0 bridgehead atoms. The minimum atomic E-state index is -0.372. The van der Waals surface area contributed by atoms with Gasteiger partial charge >= 0.3 is 0 Å². The highest BCUT2D eigenvalue weighted by Gasteiger charge is 2.24. The molecule has 0 spiro atoms. The summed E-state index contributed by atoms with van der Waals surface area (Å²) in [5.41, 5.74) is 5.36. The van der Waals surface area contributed by atoms with Crippen LogP contribution in [0.4, 0.5) is 5.69 Å². The second-order valence-corrected chi connectivity index (χ2v) is 7.27. The third kappa shape index (κ3) is 3.79. The zero-order chi connectivity index (χ0) is 19.3. The number of aryl methyl sites for hydroxylation is 2. The van der Waals surface area contributed by atoms with Crippen molar-refractivity contribution in [3.8, 4) is 5.75 Å². The van der Waals surface area contributed by atoms with Crippen LogP contribution in [0.15, 0.2) is 72.8 Å². The predicted molar refractivity (Wildman–Crippen MR) is 113 cm³/mol. The number of ether oxygens (including phenoxy) is 1. The van der Waals surface area contributed by atoms with Crippen LogP contribution < -0.4 is 10.1 Å². The molecule has 0 fully saturated rings. The van der Waals surface area contributed by atoms with Crippen LogP contribution in [0.25, 0.3) is 0 Å². The Morgan fingerprint density at radius 3 is 1.93 bits per heavy atom. The van der Waals surface area contributed by atoms with Crippen LogP contribution in [0, 0.1) is 0 Å². The standard InChI is InChI=1S/C25H25NO2/c1-28-23-17-21-15-9-8-14-20(21)16-22(23)26-25(27)24(18-10-4-2-5-11-18)19-12-6-3-7-13-19/h2-7,10-13,16-17,24H,8-9,14-15H2,1H3,(H,26,27). The molecule has 3 aromatic rings. The van der Waals surface area contributed by atoms with Crippen LogP contribution in [0.3, 0.4) is 0 Å². The molecule has 0 aromatic heterocycles. The predicted octanol–water partition coefficient (Wildman–Crippen LogP) is 5.34. The lowest BCUT2D eigenvalue weighted by Crippen LogP contribution is -2.23. The number of amides is 1. The maximum atomic E-state index is 13.4. The maximum absolute atomic E-state index is 13.4. The fourth-order valence-corrected chi connectivity index (χ4v) is 4.02. The van der Waals surface area contributed by atoms with E-state index in [1.807, 2.05) is 60.7 Å². The summed E-state index contributed by atoms with van der Waals surface area (Å²) < 4.78 is 5.59. The summed E-state index contributed by atoms with van der Waals surface area (Å²) in [6.07, 6.45) is 4.55. The van der Waals surface area contributed by atoms with Crippen LogP contribution >= 0.6 is 0 Å². The quantitative estimate of drug-likeness (QED) is 0.657. The van der Waals surface area contributed by atoms with E-state index in [4.69, 9.17) is 4.74 Å². The number of methoxy groups -OCH3 is 1. The number of carbonyl (C=O) groups is 1. The van der Waals surface area contributed by atoms with Gasteiger partial charge in [0.1, 0.15) is 5.75 Å². The molecule has 0 unspecified atom stereocenters. The number of carbonyl (C=O) groups excluding carboxylic acids is 1. The van der Waals surface area contributed by atoms with Gasteiger partial charge < -0.3 is 10.1 Å². The average molecular weight is 371 g/mol. The summed E-state index contributed by atoms with van der Waals surface area (Å²) in [5, 5.41) is 3.14. The number of benzene rings is 3. The Kier molecular flexibility index (Phi) is 5.43. The van der Waals surface area contributed by atoms with Gasteiger partial charge in [0.25, 0.3) is 0 Å². The molecule has 0 saturated heterocycles. The molecule has 0 radical (unpaired) electrons. The minimum Gasteiger partial charge on any atom is -0.495 e. The highest BCUT2D eigenvalue weighted by atomic mass is 16.5. The largest absolute Gasteiger partial charge is 0.495 e. The molecule has 0 heterocycles. The van der Waals surface area contributed by atoms with Crippen molar-refractivity contribution in [2.45, 2.75) is 31.6 Å². The van der Waals surface area contributed by atoms with Gasteiger partial charge in [0.05, 0.1) is 18.7 Å². The molecule has 28 heavy (non-hydrogen) atoms. The van der Waals surface area contributed by atoms with Gasteiger partial charge in [-0.25, -0.2) is 0 Å². The zero-order valence-electron chi connectivity index (χ0n) is 16.2. The lowest BCUT2D eigenvalue weighted by atomic mass is 9.89. The molecule has 1 N–H and O–H groups in total. The van der Waals surface area contributed by atoms with Crippen molar-refractivity contribution in [2.75, 3.05) is 12.4 Å². The maximum Gasteiger partial charge on any atom is 0.236 e. The Morgan fingerprint density at radius 2 is 1.39 bits per heavy atom. The van der Waals surface area contributed by atoms with E-state index in [1.165, 1.54) is 24.0 Å². The number of anilines is 1. The van der Waals surface area contributed by atoms with Crippen molar-refractivity contribution in [1.29, 1.82) is 0 Å². The molecule has 3 aromatic carbocycles. The van der Waals surface area contributed by atoms with Gasteiger partial charge in [0.15, 0.2) is 0 Å². The Hall–Kier alpha value is -3.07. The summed E-state index contributed by atoms with van der Waals surface area (Å²) in [7, 11) is 1.66. The van der Waals surface area contributed by atoms with Crippen LogP contribution in [0.5, 0.6) is 5.75 Å². The summed E-state index contributed by atoms with van der Waals surface area (Å²) >= 11 is 0. The molecule has 1 aliphatic rings. The van der Waals surface area contributed by atoms with Crippen molar-refractivity contribution >= 4 is 11.6 Å². The monoisotopic (exact) mass is 371 g/mol. The smallest absolute Gasteiger partial charge is 0.236 e. The van der Waals surface area contributed by atoms with E-state index >= 15 is 0 Å². The highest BCUT2D eigenvalue weighted by Crippen LogP contribution is 2.34. The van der Waals surface area contributed by atoms with Crippen LogP contribution in [-0.4, -0.2) is 13.0 Å². The minimum absolute atomic E-state index is 0.0496. The summed E-state index contributed by atoms with van der Waals surface area (Å²) in [6, 6.07) is 24.0. The second-order valence-electron chi connectivity index (χ2n) is 7.27. The lowest BCUT2D eigenvalue weighted by molar-refractivity contribution is -0.116. The Labute approximate surface area is 166 Å². The summed E-state index contributed by atoms with van der Waals surface area (Å²) in [6.45, 7) is 0. The molecule has 4 rings (SSSR count). The third-order valence-corrected chi connectivity index (χ3v) is 5.45. The van der Waals surface area contributed by atoms with Gasteiger partial charge in [0.2, 0.25) is 5.91 Å². The van der Waals surface area contributed by atoms with Gasteiger partial charge in [-0.3, -0.25) is 4.79 Å². The van der Waals surface area contributed by atoms with Crippen LogP contribution in [0.2, 0.25) is 0 Å². The molecule has 142 valence electrons. The van der Waals surface area contributed by atoms with Gasteiger partial charge in [-0.05, 0) is 60.1 Å². The van der Waals surface area contributed by atoms with E-state index in [1.54, 1.807) is 7.11 Å². The fourth-order valence-electron chi connectivity index (χ4n) is 4.02. The van der Waals surface area contributed by atoms with Crippen LogP contribution in [0.1, 0.15) is 41.0 Å². The molecule has 0 atom stereocenters. The second kappa shape index (κ2) is 8.30. The van der Waals surface area contributed by atoms with E-state index < -0.39 is 0 Å². The van der Waals surface area contributed by atoms with E-state index in [0.717, 1.165) is 35.4 Å². The van der Waals surface area contributed by atoms with Crippen molar-refractivity contribution in [3.63, 3.8) is 0 Å². The van der Waals surface area contributed by atoms with Gasteiger partial charge in [-0.1, -0.05) is 60.7 Å². The van der Waals surface area contributed by atoms with Gasteiger partial charge in [0, 0.05) is 0 Å². The zero-order valence-corrected chi connectivity index (χ0v) is 16.2. The normalized spacial score (nSPS) is 13.1. The summed E-state index contributed by atoms with van der Waals surface area (Å²) in [5.74, 6) is 0.309. The Morgan fingerprint density at radius 1 is 0.857 bits per heavy atom. The molecular weight excluding hydrogens is 346 g/mol. The molecule has 1 aliphatic carbocycles. The van der Waals surface area contributed by atoms with Crippen LogP contribution in [-0.2, 0) is 17.6 Å². The molecule has 3 heteroatoms. The number of rotatable bonds is 5.